The number of esters is 2. The summed E-state index contributed by atoms with van der Waals surface area (Å²) in [6.07, 6.45) is 42.7. The number of carbonyl (C=O) groups is 6. The van der Waals surface area contributed by atoms with Gasteiger partial charge in [-0.25, -0.2) is 9.13 Å². The Kier molecular flexibility index (Phi) is 82.1. The van der Waals surface area contributed by atoms with Crippen LogP contribution in [0.3, 0.4) is 0 Å². The van der Waals surface area contributed by atoms with Crippen LogP contribution < -0.4 is 80.4 Å². The first kappa shape index (κ1) is 114. The van der Waals surface area contributed by atoms with Gasteiger partial charge in [-0.1, -0.05) is 246 Å². The first-order valence-corrected chi connectivity index (χ1v) is 46.0. The second-order valence-electron chi connectivity index (χ2n) is 29.5. The Bertz CT molecular complexity index is 2440. The zero-order chi connectivity index (χ0) is 81.4. The molecule has 26 nitrogen and oxygen atoms in total. The van der Waals surface area contributed by atoms with Gasteiger partial charge in [0.15, 0.2) is 12.2 Å². The van der Waals surface area contributed by atoms with Crippen molar-refractivity contribution in [3.63, 3.8) is 0 Å². The van der Waals surface area contributed by atoms with E-state index in [0.29, 0.717) is 51.4 Å². The largest absolute Gasteiger partial charge is 1.00 e. The van der Waals surface area contributed by atoms with Crippen LogP contribution in [0.25, 0.3) is 0 Å². The molecule has 30 heteroatoms. The van der Waals surface area contributed by atoms with Gasteiger partial charge in [-0.2, -0.15) is 0 Å². The molecule has 0 fully saturated rings. The van der Waals surface area contributed by atoms with Crippen LogP contribution >= 0.6 is 15.6 Å². The molecule has 0 bridgehead atoms. The molecule has 0 aromatic carbocycles. The predicted molar refractivity (Wildman–Crippen MR) is 435 cm³/mol. The average Bonchev–Trinajstić information content (AvgIpc) is 0.900. The Hall–Kier alpha value is -1.72. The van der Waals surface area contributed by atoms with E-state index in [1.807, 2.05) is 0 Å². The molecular formula is C82H158N4Na2O22P2. The molecule has 0 aromatic heterocycles. The van der Waals surface area contributed by atoms with Crippen molar-refractivity contribution >= 4 is 51.2 Å². The minimum Gasteiger partial charge on any atom is -1.00 e. The molecule has 112 heavy (non-hydrogen) atoms. The zero-order valence-corrected chi connectivity index (χ0v) is 76.8. The fourth-order valence-corrected chi connectivity index (χ4v) is 13.7. The number of aliphatic hydroxyl groups excluding tert-OH is 4. The number of aliphatic hydroxyl groups is 4. The van der Waals surface area contributed by atoms with Crippen molar-refractivity contribution in [3.05, 3.63) is 24.3 Å². The number of carbonyl (C=O) groups excluding carboxylic acids is 6. The summed E-state index contributed by atoms with van der Waals surface area (Å²) >= 11 is 0. The van der Waals surface area contributed by atoms with Crippen molar-refractivity contribution < 1.29 is 167 Å². The number of unbranched alkanes of at least 4 members (excludes halogenated alkanes) is 30. The maximum absolute atomic E-state index is 13.8. The molecule has 0 saturated heterocycles. The molecule has 0 rings (SSSR count). The number of phosphoric ester groups is 2. The number of amides is 4. The predicted octanol–water partition coefficient (Wildman–Crippen LogP) is 9.95. The molecule has 0 aliphatic heterocycles. The third-order valence-electron chi connectivity index (χ3n) is 18.8. The Morgan fingerprint density at radius 2 is 0.643 bits per heavy atom. The van der Waals surface area contributed by atoms with E-state index in [4.69, 9.17) is 37.0 Å². The van der Waals surface area contributed by atoms with Crippen LogP contribution in [-0.4, -0.2) is 180 Å². The summed E-state index contributed by atoms with van der Waals surface area (Å²) < 4.78 is 70.5. The number of hydrogen-bond acceptors (Lipinski definition) is 20. The SMILES string of the molecule is CCCCCC/C=C/CCCC(=O)O[C@H](CCCCCCC)CC(=O)NC(COCC[C@H](O)CCCCCCC)COP(=O)(O)OCCNC(=O)[C@@H](O)[C@@H](O)C(=O)NCCOP(=O)(O)OCC(COCC[C@H](O)CCCCCCC)NC(=O)C[C@@H](CCCCCCCCCCC)OC(=O)CCC/C=C/CCCCCC.[H-].[H-].[Na+].[Na+]. The Labute approximate surface area is 723 Å². The summed E-state index contributed by atoms with van der Waals surface area (Å²) in [4.78, 5) is 101. The summed E-state index contributed by atoms with van der Waals surface area (Å²) in [5.74, 6) is -4.40. The maximum Gasteiger partial charge on any atom is 1.00 e. The van der Waals surface area contributed by atoms with E-state index in [0.717, 1.165) is 167 Å². The van der Waals surface area contributed by atoms with E-state index in [9.17, 15) is 68.1 Å². The molecule has 0 aromatic rings. The van der Waals surface area contributed by atoms with E-state index in [1.54, 1.807) is 0 Å². The van der Waals surface area contributed by atoms with Gasteiger partial charge in [0.2, 0.25) is 11.8 Å². The molecule has 4 amide bonds. The Morgan fingerprint density at radius 3 is 0.964 bits per heavy atom. The smallest absolute Gasteiger partial charge is 1.00 e. The molecule has 0 aliphatic carbocycles. The molecule has 0 spiro atoms. The third kappa shape index (κ3) is 73.4. The van der Waals surface area contributed by atoms with Crippen molar-refractivity contribution in [2.45, 2.75) is 398 Å². The van der Waals surface area contributed by atoms with Crippen LogP contribution in [-0.2, 0) is 74.9 Å². The number of hydrogen-bond donors (Lipinski definition) is 10. The Balaban J connectivity index is -0.00000990. The second-order valence-corrected chi connectivity index (χ2v) is 32.4. The van der Waals surface area contributed by atoms with Gasteiger partial charge in [0.25, 0.3) is 11.8 Å². The molecule has 650 valence electrons. The number of allylic oxidation sites excluding steroid dienone is 4. The van der Waals surface area contributed by atoms with E-state index in [2.05, 4.69) is 87.1 Å². The number of nitrogens with one attached hydrogen (secondary N) is 4. The van der Waals surface area contributed by atoms with Gasteiger partial charge in [0.1, 0.15) is 12.2 Å². The van der Waals surface area contributed by atoms with Crippen molar-refractivity contribution in [3.8, 4) is 0 Å². The summed E-state index contributed by atoms with van der Waals surface area (Å²) in [5.41, 5.74) is 0. The number of phosphoric acid groups is 2. The van der Waals surface area contributed by atoms with E-state index < -0.39 is 139 Å². The topological polar surface area (TPSA) is 380 Å². The summed E-state index contributed by atoms with van der Waals surface area (Å²) in [5, 5.41) is 52.3. The average molecular weight is 1660 g/mol. The molecule has 0 saturated carbocycles. The van der Waals surface area contributed by atoms with E-state index >= 15 is 0 Å². The molecule has 10 N–H and O–H groups in total. The number of ether oxygens (including phenoxy) is 4. The molecule has 4 unspecified atom stereocenters. The van der Waals surface area contributed by atoms with Gasteiger partial charge >= 0.3 is 86.7 Å². The monoisotopic (exact) mass is 1660 g/mol. The van der Waals surface area contributed by atoms with Crippen LogP contribution in [0.2, 0.25) is 0 Å². The minimum atomic E-state index is -4.92. The fraction of sp³-hybridized carbons (Fsp3) is 0.878. The van der Waals surface area contributed by atoms with Crippen LogP contribution in [0.5, 0.6) is 0 Å². The van der Waals surface area contributed by atoms with Crippen molar-refractivity contribution in [2.75, 3.05) is 65.9 Å². The first-order valence-electron chi connectivity index (χ1n) is 43.0. The minimum absolute atomic E-state index is 0. The molecule has 0 aliphatic rings. The Morgan fingerprint density at radius 1 is 0.357 bits per heavy atom. The van der Waals surface area contributed by atoms with Gasteiger partial charge in [0.05, 0.1) is 76.8 Å². The van der Waals surface area contributed by atoms with Gasteiger partial charge < -0.3 is 73.3 Å². The van der Waals surface area contributed by atoms with Gasteiger partial charge in [-0.3, -0.25) is 46.9 Å². The van der Waals surface area contributed by atoms with E-state index in [1.165, 1.54) is 64.2 Å². The molecule has 0 radical (unpaired) electrons. The summed E-state index contributed by atoms with van der Waals surface area (Å²) in [6.45, 7) is 9.19. The van der Waals surface area contributed by atoms with Crippen LogP contribution in [0, 0.1) is 0 Å². The number of rotatable bonds is 81. The van der Waals surface area contributed by atoms with E-state index in [-0.39, 0.29) is 114 Å². The second kappa shape index (κ2) is 80.3. The molecular weight excluding hydrogens is 1500 g/mol. The van der Waals surface area contributed by atoms with Crippen molar-refractivity contribution in [2.24, 2.45) is 0 Å². The fourth-order valence-electron chi connectivity index (χ4n) is 12.1. The van der Waals surface area contributed by atoms with Gasteiger partial charge in [-0.15, -0.1) is 0 Å². The van der Waals surface area contributed by atoms with Crippen LogP contribution in [0.15, 0.2) is 24.3 Å². The third-order valence-corrected chi connectivity index (χ3v) is 20.8. The molecule has 10 atom stereocenters. The van der Waals surface area contributed by atoms with Gasteiger partial charge in [-0.05, 0) is 103 Å². The normalized spacial score (nSPS) is 14.9. The standard InChI is InChI=1S/C82H156N4O22P2.2Na.2H/c1-7-13-19-25-28-31-34-40-46-52-74(108-78(92)54-48-42-36-33-30-27-21-15-9-3)64-76(90)86-70(66-102-60-56-72(88)50-44-38-23-17-11-5)68-106-110(99,100)104-62-58-84-82(96)80(94)79(93)81(95)83-57-61-103-109(97,98)105-67-69(65-101-59-55-71(87)49-43-37-22-16-10-4)85-75(89)63-73(51-45-39-24-18-12-6)107-77(91)53-47-41-35-32-29-26-20-14-8-2;;;;/h32-33,35-36,69-74,79-80,87-88,93-94H,7-31,34,37-68H2,1-6H3,(H,83,95)(H,84,96)(H,85,89)(H,86,90)(H,97,98)(H,99,100);;;;/q;2*+1;2*-1/b35-32+,36-33+;;;;/t69?,70?,71-,72-,73-,74-,79+,80-;;;;/m1..../s1. The summed E-state index contributed by atoms with van der Waals surface area (Å²) in [6, 6.07) is -2.03. The van der Waals surface area contributed by atoms with Crippen LogP contribution in [0.1, 0.15) is 353 Å². The zero-order valence-electron chi connectivity index (χ0n) is 73.1. The first-order chi connectivity index (χ1) is 53.0. The van der Waals surface area contributed by atoms with Gasteiger partial charge in [0, 0.05) is 39.1 Å². The quantitative estimate of drug-likeness (QED) is 0.00889. The van der Waals surface area contributed by atoms with Crippen LogP contribution in [0.4, 0.5) is 0 Å². The van der Waals surface area contributed by atoms with Crippen molar-refractivity contribution in [1.82, 2.24) is 21.3 Å². The molecule has 0 heterocycles. The van der Waals surface area contributed by atoms with Crippen molar-refractivity contribution in [1.29, 1.82) is 0 Å². The summed E-state index contributed by atoms with van der Waals surface area (Å²) in [7, 11) is -9.84. The maximum atomic E-state index is 13.8.